The molecule has 1 aromatic rings. The zero-order valence-corrected chi connectivity index (χ0v) is 14.5. The van der Waals surface area contributed by atoms with Gasteiger partial charge in [-0.1, -0.05) is 12.1 Å². The summed E-state index contributed by atoms with van der Waals surface area (Å²) in [5.41, 5.74) is -0.666. The average Bonchev–Trinajstić information content (AvgIpc) is 2.58. The maximum Gasteiger partial charge on any atom is 0.416 e. The van der Waals surface area contributed by atoms with Crippen molar-refractivity contribution in [2.45, 2.75) is 45.0 Å². The SMILES string of the molecule is CC(C)N1CCC(C(=O)NCC(O)c2cccc(C(F)(F)F)c2)CC1. The van der Waals surface area contributed by atoms with E-state index in [9.17, 15) is 23.1 Å². The fourth-order valence-corrected chi connectivity index (χ4v) is 3.06. The molecule has 1 heterocycles. The van der Waals surface area contributed by atoms with Crippen LogP contribution in [0, 0.1) is 5.92 Å². The number of carbonyl (C=O) groups excluding carboxylic acids is 1. The first-order valence-corrected chi connectivity index (χ1v) is 8.55. The van der Waals surface area contributed by atoms with Crippen LogP contribution < -0.4 is 5.32 Å². The molecule has 4 nitrogen and oxygen atoms in total. The van der Waals surface area contributed by atoms with Gasteiger partial charge in [0.2, 0.25) is 5.91 Å². The summed E-state index contributed by atoms with van der Waals surface area (Å²) >= 11 is 0. The summed E-state index contributed by atoms with van der Waals surface area (Å²) in [6.07, 6.45) is -4.11. The average molecular weight is 358 g/mol. The molecule has 2 rings (SSSR count). The van der Waals surface area contributed by atoms with Gasteiger partial charge in [0.15, 0.2) is 0 Å². The van der Waals surface area contributed by atoms with Crippen LogP contribution in [0.15, 0.2) is 24.3 Å². The molecule has 1 aromatic carbocycles. The molecule has 0 radical (unpaired) electrons. The highest BCUT2D eigenvalue weighted by Gasteiger charge is 2.31. The molecule has 2 N–H and O–H groups in total. The van der Waals surface area contributed by atoms with Crippen molar-refractivity contribution in [3.63, 3.8) is 0 Å². The van der Waals surface area contributed by atoms with E-state index in [1.807, 2.05) is 0 Å². The minimum absolute atomic E-state index is 0.0927. The summed E-state index contributed by atoms with van der Waals surface area (Å²) in [5.74, 6) is -0.252. The fraction of sp³-hybridized carbons (Fsp3) is 0.611. The van der Waals surface area contributed by atoms with E-state index < -0.39 is 17.8 Å². The minimum atomic E-state index is -4.45. The standard InChI is InChI=1S/C18H25F3N2O2/c1-12(2)23-8-6-13(7-9-23)17(25)22-11-16(24)14-4-3-5-15(10-14)18(19,20)21/h3-5,10,12-13,16,24H,6-9,11H2,1-2H3,(H,22,25). The Kier molecular flexibility index (Phi) is 6.46. The zero-order valence-electron chi connectivity index (χ0n) is 14.5. The largest absolute Gasteiger partial charge is 0.416 e. The second-order valence-electron chi connectivity index (χ2n) is 6.79. The molecule has 140 valence electrons. The molecule has 7 heteroatoms. The Labute approximate surface area is 146 Å². The first-order chi connectivity index (χ1) is 11.7. The van der Waals surface area contributed by atoms with E-state index >= 15 is 0 Å². The van der Waals surface area contributed by atoms with Gasteiger partial charge in [0.1, 0.15) is 0 Å². The normalized spacial score (nSPS) is 18.4. The van der Waals surface area contributed by atoms with E-state index in [1.54, 1.807) is 0 Å². The molecule has 0 aliphatic carbocycles. The van der Waals surface area contributed by atoms with Gasteiger partial charge in [-0.3, -0.25) is 4.79 Å². The molecule has 0 aromatic heterocycles. The van der Waals surface area contributed by atoms with Crippen LogP contribution in [0.2, 0.25) is 0 Å². The van der Waals surface area contributed by atoms with Gasteiger partial charge >= 0.3 is 6.18 Å². The van der Waals surface area contributed by atoms with Crippen LogP contribution in [-0.2, 0) is 11.0 Å². The minimum Gasteiger partial charge on any atom is -0.387 e. The molecule has 0 bridgehead atoms. The number of aliphatic hydroxyl groups excluding tert-OH is 1. The maximum atomic E-state index is 12.7. The first kappa shape index (κ1) is 19.7. The number of rotatable bonds is 5. The van der Waals surface area contributed by atoms with E-state index in [0.717, 1.165) is 38.1 Å². The number of likely N-dealkylation sites (tertiary alicyclic amines) is 1. The molecule has 1 fully saturated rings. The van der Waals surface area contributed by atoms with Gasteiger partial charge in [0.25, 0.3) is 0 Å². The Balaban J connectivity index is 1.86. The Morgan fingerprint density at radius 2 is 1.96 bits per heavy atom. The number of nitrogens with zero attached hydrogens (tertiary/aromatic N) is 1. The molecule has 1 unspecified atom stereocenters. The Morgan fingerprint density at radius 1 is 1.32 bits per heavy atom. The van der Waals surface area contributed by atoms with Crippen LogP contribution in [0.3, 0.4) is 0 Å². The Hall–Kier alpha value is -1.60. The van der Waals surface area contributed by atoms with Gasteiger partial charge in [-0.2, -0.15) is 13.2 Å². The lowest BCUT2D eigenvalue weighted by atomic mass is 9.95. The van der Waals surface area contributed by atoms with Crippen LogP contribution >= 0.6 is 0 Å². The monoisotopic (exact) mass is 358 g/mol. The molecule has 1 aliphatic heterocycles. The van der Waals surface area contributed by atoms with E-state index in [0.29, 0.717) is 6.04 Å². The van der Waals surface area contributed by atoms with E-state index in [1.165, 1.54) is 12.1 Å². The number of nitrogens with one attached hydrogen (secondary N) is 1. The summed E-state index contributed by atoms with van der Waals surface area (Å²) in [5, 5.41) is 12.7. The number of aliphatic hydroxyl groups is 1. The number of benzene rings is 1. The van der Waals surface area contributed by atoms with Crippen LogP contribution in [-0.4, -0.2) is 41.6 Å². The lowest BCUT2D eigenvalue weighted by Gasteiger charge is -2.34. The second kappa shape index (κ2) is 8.19. The summed E-state index contributed by atoms with van der Waals surface area (Å²) < 4.78 is 38.2. The zero-order chi connectivity index (χ0) is 18.6. The number of halogens is 3. The Morgan fingerprint density at radius 3 is 2.52 bits per heavy atom. The van der Waals surface area contributed by atoms with E-state index in [-0.39, 0.29) is 23.9 Å². The third kappa shape index (κ3) is 5.44. The maximum absolute atomic E-state index is 12.7. The van der Waals surface area contributed by atoms with Gasteiger partial charge in [0.05, 0.1) is 11.7 Å². The van der Waals surface area contributed by atoms with Crippen molar-refractivity contribution in [3.05, 3.63) is 35.4 Å². The number of hydrogen-bond donors (Lipinski definition) is 2. The summed E-state index contributed by atoms with van der Waals surface area (Å²) in [7, 11) is 0. The summed E-state index contributed by atoms with van der Waals surface area (Å²) in [6.45, 7) is 5.85. The van der Waals surface area contributed by atoms with E-state index in [4.69, 9.17) is 0 Å². The fourth-order valence-electron chi connectivity index (χ4n) is 3.06. The van der Waals surface area contributed by atoms with Crippen molar-refractivity contribution in [1.82, 2.24) is 10.2 Å². The highest BCUT2D eigenvalue weighted by molar-refractivity contribution is 5.78. The van der Waals surface area contributed by atoms with Gasteiger partial charge in [0, 0.05) is 18.5 Å². The van der Waals surface area contributed by atoms with Gasteiger partial charge in [-0.05, 0) is 57.5 Å². The second-order valence-corrected chi connectivity index (χ2v) is 6.79. The number of amides is 1. The molecule has 0 spiro atoms. The molecule has 1 aliphatic rings. The van der Waals surface area contributed by atoms with Crippen LogP contribution in [0.1, 0.15) is 43.9 Å². The lowest BCUT2D eigenvalue weighted by Crippen LogP contribution is -2.43. The molecular formula is C18H25F3N2O2. The quantitative estimate of drug-likeness (QED) is 0.851. The third-order valence-corrected chi connectivity index (χ3v) is 4.70. The van der Waals surface area contributed by atoms with Crippen molar-refractivity contribution in [2.24, 2.45) is 5.92 Å². The first-order valence-electron chi connectivity index (χ1n) is 8.55. The lowest BCUT2D eigenvalue weighted by molar-refractivity contribution is -0.137. The van der Waals surface area contributed by atoms with Crippen LogP contribution in [0.4, 0.5) is 13.2 Å². The predicted molar refractivity (Wildman–Crippen MR) is 88.8 cm³/mol. The molecular weight excluding hydrogens is 333 g/mol. The van der Waals surface area contributed by atoms with Gasteiger partial charge in [-0.15, -0.1) is 0 Å². The Bertz CT molecular complexity index is 582. The number of piperidine rings is 1. The van der Waals surface area contributed by atoms with Crippen molar-refractivity contribution in [2.75, 3.05) is 19.6 Å². The molecule has 1 saturated heterocycles. The van der Waals surface area contributed by atoms with Crippen molar-refractivity contribution in [3.8, 4) is 0 Å². The smallest absolute Gasteiger partial charge is 0.387 e. The molecule has 25 heavy (non-hydrogen) atoms. The van der Waals surface area contributed by atoms with Crippen LogP contribution in [0.25, 0.3) is 0 Å². The predicted octanol–water partition coefficient (Wildman–Crippen LogP) is 2.98. The number of alkyl halides is 3. The third-order valence-electron chi connectivity index (χ3n) is 4.70. The van der Waals surface area contributed by atoms with Crippen molar-refractivity contribution in [1.29, 1.82) is 0 Å². The van der Waals surface area contributed by atoms with E-state index in [2.05, 4.69) is 24.1 Å². The van der Waals surface area contributed by atoms with Gasteiger partial charge < -0.3 is 15.3 Å². The van der Waals surface area contributed by atoms with Gasteiger partial charge in [-0.25, -0.2) is 0 Å². The summed E-state index contributed by atoms with van der Waals surface area (Å²) in [6, 6.07) is 5.00. The molecule has 1 atom stereocenters. The number of hydrogen-bond acceptors (Lipinski definition) is 3. The highest BCUT2D eigenvalue weighted by atomic mass is 19.4. The molecule has 1 amide bonds. The van der Waals surface area contributed by atoms with Crippen molar-refractivity contribution < 1.29 is 23.1 Å². The topological polar surface area (TPSA) is 52.6 Å². The summed E-state index contributed by atoms with van der Waals surface area (Å²) in [4.78, 5) is 14.5. The highest BCUT2D eigenvalue weighted by Crippen LogP contribution is 2.30. The van der Waals surface area contributed by atoms with Crippen LogP contribution in [0.5, 0.6) is 0 Å². The number of carbonyl (C=O) groups is 1. The van der Waals surface area contributed by atoms with Crippen molar-refractivity contribution >= 4 is 5.91 Å². The molecule has 0 saturated carbocycles.